The molecule has 3 amide bonds. The van der Waals surface area contributed by atoms with Crippen LogP contribution in [0.1, 0.15) is 26.3 Å². The number of hydrogen-bond acceptors (Lipinski definition) is 5. The fraction of sp³-hybridized carbons (Fsp3) is 0.200. The topological polar surface area (TPSA) is 163 Å². The van der Waals surface area contributed by atoms with Gasteiger partial charge in [-0.05, 0) is 52.7 Å². The number of nitrogens with one attached hydrogen (secondary N) is 5. The number of H-pyrrole nitrogens is 1. The van der Waals surface area contributed by atoms with E-state index in [1.165, 1.54) is 0 Å². The number of carbonyl (C=O) groups excluding carboxylic acids is 3. The van der Waals surface area contributed by atoms with E-state index in [1.54, 1.807) is 37.4 Å². The fourth-order valence-corrected chi connectivity index (χ4v) is 5.48. The third-order valence-electron chi connectivity index (χ3n) is 7.51. The highest BCUT2D eigenvalue weighted by molar-refractivity contribution is 9.10. The first kappa shape index (κ1) is 33.2. The Hall–Kier alpha value is -5.20. The molecule has 1 atom stereocenters. The van der Waals surface area contributed by atoms with Gasteiger partial charge in [0.1, 0.15) is 6.04 Å². The predicted molar refractivity (Wildman–Crippen MR) is 189 cm³/mol. The van der Waals surface area contributed by atoms with Crippen molar-refractivity contribution >= 4 is 67.0 Å². The van der Waals surface area contributed by atoms with Gasteiger partial charge in [-0.15, -0.1) is 0 Å². The van der Waals surface area contributed by atoms with E-state index in [-0.39, 0.29) is 36.3 Å². The number of nitrogens with two attached hydrogens (primary N) is 1. The molecule has 242 valence electrons. The van der Waals surface area contributed by atoms with Gasteiger partial charge in [0.2, 0.25) is 5.91 Å². The van der Waals surface area contributed by atoms with E-state index in [0.717, 1.165) is 27.2 Å². The van der Waals surface area contributed by atoms with Crippen molar-refractivity contribution < 1.29 is 19.1 Å². The van der Waals surface area contributed by atoms with Crippen molar-refractivity contribution in [2.24, 2.45) is 10.7 Å². The molecule has 0 aliphatic heterocycles. The van der Waals surface area contributed by atoms with Crippen LogP contribution in [0.15, 0.2) is 101 Å². The third-order valence-corrected chi connectivity index (χ3v) is 8.01. The van der Waals surface area contributed by atoms with Crippen LogP contribution in [0.3, 0.4) is 0 Å². The lowest BCUT2D eigenvalue weighted by Crippen LogP contribution is -2.49. The summed E-state index contributed by atoms with van der Waals surface area (Å²) in [4.78, 5) is 48.0. The predicted octanol–water partition coefficient (Wildman–Crippen LogP) is 4.34. The summed E-state index contributed by atoms with van der Waals surface area (Å²) in [6.45, 7) is 1.43. The highest BCUT2D eigenvalue weighted by Gasteiger charge is 2.25. The van der Waals surface area contributed by atoms with Gasteiger partial charge in [0.15, 0.2) is 5.96 Å². The van der Waals surface area contributed by atoms with E-state index in [1.807, 2.05) is 60.8 Å². The lowest BCUT2D eigenvalue weighted by atomic mass is 10.0. The van der Waals surface area contributed by atoms with Gasteiger partial charge in [-0.2, -0.15) is 0 Å². The highest BCUT2D eigenvalue weighted by atomic mass is 79.9. The van der Waals surface area contributed by atoms with Gasteiger partial charge < -0.3 is 36.7 Å². The number of rotatable bonds is 13. The number of para-hydroxylation sites is 1. The second kappa shape index (κ2) is 15.9. The zero-order valence-corrected chi connectivity index (χ0v) is 27.4. The smallest absolute Gasteiger partial charge is 0.255 e. The number of nitrogens with zero attached hydrogens (tertiary/aromatic N) is 1. The van der Waals surface area contributed by atoms with Crippen molar-refractivity contribution in [1.82, 2.24) is 20.9 Å². The largest absolute Gasteiger partial charge is 0.383 e. The molecule has 4 aromatic carbocycles. The number of carbonyl (C=O) groups is 3. The number of anilines is 1. The number of ether oxygens (including phenoxy) is 1. The van der Waals surface area contributed by atoms with Crippen LogP contribution in [-0.4, -0.2) is 68.1 Å². The van der Waals surface area contributed by atoms with Gasteiger partial charge in [-0.1, -0.05) is 64.5 Å². The number of aromatic amines is 1. The second-order valence-corrected chi connectivity index (χ2v) is 11.7. The van der Waals surface area contributed by atoms with Crippen LogP contribution in [-0.2, 0) is 16.0 Å². The molecule has 0 bridgehead atoms. The van der Waals surface area contributed by atoms with Gasteiger partial charge >= 0.3 is 0 Å². The Bertz CT molecular complexity index is 1920. The lowest BCUT2D eigenvalue weighted by molar-refractivity contribution is -0.122. The molecule has 11 nitrogen and oxygen atoms in total. The number of guanidine groups is 1. The summed E-state index contributed by atoms with van der Waals surface area (Å²) in [5.74, 6) is -1.02. The van der Waals surface area contributed by atoms with Gasteiger partial charge in [0, 0.05) is 53.8 Å². The summed E-state index contributed by atoms with van der Waals surface area (Å²) in [5.41, 5.74) is 8.61. The van der Waals surface area contributed by atoms with E-state index in [9.17, 15) is 14.4 Å². The molecule has 0 aliphatic carbocycles. The molecular formula is C35H36BrN7O4. The van der Waals surface area contributed by atoms with Crippen molar-refractivity contribution in [2.45, 2.75) is 12.5 Å². The van der Waals surface area contributed by atoms with Crippen LogP contribution < -0.4 is 27.0 Å². The minimum atomic E-state index is -0.933. The summed E-state index contributed by atoms with van der Waals surface area (Å²) in [6.07, 6.45) is 2.06. The van der Waals surface area contributed by atoms with Crippen LogP contribution in [0.25, 0.3) is 21.7 Å². The van der Waals surface area contributed by atoms with Crippen LogP contribution in [0, 0.1) is 0 Å². The molecule has 0 unspecified atom stereocenters. The maximum Gasteiger partial charge on any atom is 0.255 e. The Morgan fingerprint density at radius 2 is 1.68 bits per heavy atom. The number of aliphatic imine (C=N–C) groups is 1. The quantitative estimate of drug-likeness (QED) is 0.0609. The first-order valence-electron chi connectivity index (χ1n) is 15.1. The summed E-state index contributed by atoms with van der Waals surface area (Å²) < 4.78 is 5.61. The highest BCUT2D eigenvalue weighted by Crippen LogP contribution is 2.24. The molecule has 7 N–H and O–H groups in total. The SMILES string of the molecule is COCCN=C(N)NCCNC(=O)[C@H](Cc1c[nH]c2ccccc12)NC(=O)c1cc(Br)ccc1NC(=O)c1ccc2ccccc2c1. The standard InChI is InChI=1S/C35H36BrN7O4/c1-47-17-16-40-35(37)39-15-14-38-34(46)31(19-25-21-41-29-9-5-4-8-27(25)29)43-33(45)28-20-26(36)12-13-30(28)42-32(44)24-11-10-22-6-2-3-7-23(22)18-24/h2-13,18,20-21,31,41H,14-17,19H2,1H3,(H,38,46)(H,42,44)(H,43,45)(H3,37,39,40)/t31-/m0/s1. The summed E-state index contributed by atoms with van der Waals surface area (Å²) in [7, 11) is 1.58. The molecule has 1 heterocycles. The zero-order chi connectivity index (χ0) is 33.2. The van der Waals surface area contributed by atoms with Gasteiger partial charge in [-0.25, -0.2) is 0 Å². The molecule has 1 aromatic heterocycles. The van der Waals surface area contributed by atoms with Crippen molar-refractivity contribution in [3.63, 3.8) is 0 Å². The van der Waals surface area contributed by atoms with Crippen molar-refractivity contribution in [1.29, 1.82) is 0 Å². The molecule has 0 radical (unpaired) electrons. The van der Waals surface area contributed by atoms with Crippen molar-refractivity contribution in [2.75, 3.05) is 38.7 Å². The number of aromatic nitrogens is 1. The first-order chi connectivity index (χ1) is 22.8. The molecule has 0 saturated heterocycles. The normalized spacial score (nSPS) is 12.1. The Morgan fingerprint density at radius 3 is 2.51 bits per heavy atom. The fourth-order valence-electron chi connectivity index (χ4n) is 5.12. The Kier molecular flexibility index (Phi) is 11.2. The average Bonchev–Trinajstić information content (AvgIpc) is 3.49. The second-order valence-electron chi connectivity index (χ2n) is 10.8. The van der Waals surface area contributed by atoms with Gasteiger partial charge in [-0.3, -0.25) is 19.4 Å². The zero-order valence-electron chi connectivity index (χ0n) is 25.8. The monoisotopic (exact) mass is 697 g/mol. The molecule has 5 rings (SSSR count). The number of fused-ring (bicyclic) bond motifs is 2. The Morgan fingerprint density at radius 1 is 0.915 bits per heavy atom. The molecule has 12 heteroatoms. The van der Waals surface area contributed by atoms with Crippen molar-refractivity contribution in [3.8, 4) is 0 Å². The molecule has 5 aromatic rings. The number of hydrogen-bond donors (Lipinski definition) is 6. The first-order valence-corrected chi connectivity index (χ1v) is 15.9. The Balaban J connectivity index is 1.33. The summed E-state index contributed by atoms with van der Waals surface area (Å²) in [6, 6.07) is 25.0. The summed E-state index contributed by atoms with van der Waals surface area (Å²) >= 11 is 3.44. The van der Waals surface area contributed by atoms with E-state index < -0.39 is 11.9 Å². The minimum absolute atomic E-state index is 0.201. The van der Waals surface area contributed by atoms with E-state index in [0.29, 0.717) is 35.4 Å². The molecule has 0 aliphatic rings. The lowest BCUT2D eigenvalue weighted by Gasteiger charge is -2.20. The molecular weight excluding hydrogens is 662 g/mol. The number of amides is 3. The van der Waals surface area contributed by atoms with E-state index in [2.05, 4.69) is 47.2 Å². The minimum Gasteiger partial charge on any atom is -0.383 e. The number of benzene rings is 4. The maximum absolute atomic E-state index is 13.8. The molecule has 0 spiro atoms. The average molecular weight is 699 g/mol. The van der Waals surface area contributed by atoms with Gasteiger partial charge in [0.05, 0.1) is 24.4 Å². The molecule has 47 heavy (non-hydrogen) atoms. The third kappa shape index (κ3) is 8.75. The van der Waals surface area contributed by atoms with Crippen LogP contribution >= 0.6 is 15.9 Å². The molecule has 0 fully saturated rings. The number of halogens is 1. The van der Waals surface area contributed by atoms with E-state index >= 15 is 0 Å². The maximum atomic E-state index is 13.8. The van der Waals surface area contributed by atoms with Crippen LogP contribution in [0.5, 0.6) is 0 Å². The Labute approximate surface area is 280 Å². The number of methoxy groups -OCH3 is 1. The molecule has 0 saturated carbocycles. The van der Waals surface area contributed by atoms with Crippen LogP contribution in [0.4, 0.5) is 5.69 Å². The summed E-state index contributed by atoms with van der Waals surface area (Å²) in [5, 5.41) is 14.5. The van der Waals surface area contributed by atoms with Crippen molar-refractivity contribution in [3.05, 3.63) is 112 Å². The van der Waals surface area contributed by atoms with Crippen LogP contribution in [0.2, 0.25) is 0 Å². The van der Waals surface area contributed by atoms with Gasteiger partial charge in [0.25, 0.3) is 11.8 Å². The van der Waals surface area contributed by atoms with E-state index in [4.69, 9.17) is 10.5 Å².